The molecule has 0 spiro atoms. The van der Waals surface area contributed by atoms with Crippen LogP contribution >= 0.6 is 0 Å². The van der Waals surface area contributed by atoms with Crippen LogP contribution in [0.2, 0.25) is 0 Å². The number of anilines is 3. The van der Waals surface area contributed by atoms with Gasteiger partial charge in [-0.25, -0.2) is 0 Å². The molecule has 7 nitrogen and oxygen atoms in total. The summed E-state index contributed by atoms with van der Waals surface area (Å²) in [7, 11) is 0. The Kier molecular flexibility index (Phi) is 6.55. The molecule has 3 aromatic rings. The fourth-order valence-electron chi connectivity index (χ4n) is 3.40. The van der Waals surface area contributed by atoms with E-state index < -0.39 is 0 Å². The number of rotatable bonds is 6. The zero-order valence-corrected chi connectivity index (χ0v) is 17.0. The summed E-state index contributed by atoms with van der Waals surface area (Å²) < 4.78 is 5.41. The fourth-order valence-corrected chi connectivity index (χ4v) is 3.40. The molecule has 8 heteroatoms. The summed E-state index contributed by atoms with van der Waals surface area (Å²) in [4.78, 5) is 18.9. The van der Waals surface area contributed by atoms with Crippen molar-refractivity contribution in [3.63, 3.8) is 0 Å². The maximum absolute atomic E-state index is 11.9. The molecule has 0 aliphatic carbocycles. The van der Waals surface area contributed by atoms with E-state index in [2.05, 4.69) is 27.7 Å². The summed E-state index contributed by atoms with van der Waals surface area (Å²) >= 11 is 0. The van der Waals surface area contributed by atoms with Crippen molar-refractivity contribution in [1.82, 2.24) is 10.3 Å². The summed E-state index contributed by atoms with van der Waals surface area (Å²) in [6.07, 6.45) is 0. The third kappa shape index (κ3) is 5.27. The second-order valence-electron chi connectivity index (χ2n) is 7.10. The Hall–Kier alpha value is -3.70. The van der Waals surface area contributed by atoms with E-state index in [9.17, 15) is 4.79 Å². The molecule has 1 fully saturated rings. The molecule has 4 rings (SSSR count). The van der Waals surface area contributed by atoms with Gasteiger partial charge in [0.15, 0.2) is 0 Å². The number of hydrogen-bond acceptors (Lipinski definition) is 6. The molecule has 31 heavy (non-hydrogen) atoms. The molecule has 2 heterocycles. The van der Waals surface area contributed by atoms with Crippen molar-refractivity contribution < 1.29 is 9.53 Å². The first-order chi connectivity index (χ1) is 15.2. The predicted octanol–water partition coefficient (Wildman–Crippen LogP) is 2.92. The average molecular weight is 411 g/mol. The molecule has 0 unspecified atom stereocenters. The van der Waals surface area contributed by atoms with Gasteiger partial charge in [-0.1, -0.05) is 0 Å². The number of carbonyl (C=O) groups is 1. The van der Waals surface area contributed by atoms with Crippen molar-refractivity contribution in [3.05, 3.63) is 66.1 Å². The summed E-state index contributed by atoms with van der Waals surface area (Å²) in [5, 5.41) is 14.5. The topological polar surface area (TPSA) is 90.3 Å². The number of morpholine rings is 1. The van der Waals surface area contributed by atoms with Gasteiger partial charge in [0.1, 0.15) is 0 Å². The molecule has 154 valence electrons. The normalized spacial score (nSPS) is 13.2. The number of ether oxygens (including phenoxy) is 1. The van der Waals surface area contributed by atoms with Crippen LogP contribution in [0.25, 0.3) is 11.3 Å². The van der Waals surface area contributed by atoms with Crippen LogP contribution in [-0.2, 0) is 4.74 Å². The van der Waals surface area contributed by atoms with Gasteiger partial charge in [0.2, 0.25) is 0 Å². The van der Waals surface area contributed by atoms with Crippen LogP contribution in [0.15, 0.2) is 60.6 Å². The van der Waals surface area contributed by atoms with Crippen LogP contribution in [0.3, 0.4) is 0 Å². The first-order valence-electron chi connectivity index (χ1n) is 10.2. The van der Waals surface area contributed by atoms with Crippen molar-refractivity contribution >= 4 is 29.9 Å². The Bertz CT molecular complexity index is 1070. The molecule has 1 saturated heterocycles. The summed E-state index contributed by atoms with van der Waals surface area (Å²) in [5.41, 5.74) is 5.11. The number of benzene rings is 2. The molecular weight excluding hydrogens is 389 g/mol. The van der Waals surface area contributed by atoms with E-state index in [1.807, 2.05) is 49.3 Å². The minimum absolute atomic E-state index is 0.0106. The number of amides is 1. The maximum atomic E-state index is 11.9. The number of nitrogens with one attached hydrogen (secondary N) is 2. The van der Waals surface area contributed by atoms with Gasteiger partial charge in [0, 0.05) is 0 Å². The Morgan fingerprint density at radius 3 is 2.55 bits per heavy atom. The second kappa shape index (κ2) is 9.87. The Morgan fingerprint density at radius 1 is 1.10 bits per heavy atom. The molecule has 1 aliphatic rings. The summed E-state index contributed by atoms with van der Waals surface area (Å²) in [6, 6.07) is 19.3. The van der Waals surface area contributed by atoms with Gasteiger partial charge in [-0.15, -0.1) is 0 Å². The van der Waals surface area contributed by atoms with Gasteiger partial charge in [0.05, 0.1) is 0 Å². The molecule has 1 aliphatic heterocycles. The predicted molar refractivity (Wildman–Crippen MR) is 122 cm³/mol. The van der Waals surface area contributed by atoms with Crippen molar-refractivity contribution in [1.29, 1.82) is 5.26 Å². The minimum atomic E-state index is -0.267. The summed E-state index contributed by atoms with van der Waals surface area (Å²) in [6.45, 7) is 5.27. The van der Waals surface area contributed by atoms with E-state index in [0.717, 1.165) is 49.0 Å². The van der Waals surface area contributed by atoms with E-state index in [1.165, 1.54) is 5.69 Å². The Labute approximate surface area is 181 Å². The third-order valence-electron chi connectivity index (χ3n) is 5.04. The van der Waals surface area contributed by atoms with E-state index in [-0.39, 0.29) is 12.5 Å². The van der Waals surface area contributed by atoms with Crippen LogP contribution in [0.1, 0.15) is 10.4 Å². The molecule has 2 N–H and O–H groups in total. The number of aromatic nitrogens is 1. The molecule has 0 atom stereocenters. The number of hydrogen-bond donors (Lipinski definition) is 2. The SMILES string of the molecule is N#CCNC(=O)c1ccc(-c2ccbc(Nc3ccc(N4CCOCC4)cc3)n2)cc1. The van der Waals surface area contributed by atoms with E-state index >= 15 is 0 Å². The van der Waals surface area contributed by atoms with E-state index in [4.69, 9.17) is 15.0 Å². The molecule has 0 bridgehead atoms. The van der Waals surface area contributed by atoms with Crippen molar-refractivity contribution in [3.8, 4) is 17.3 Å². The molecule has 0 saturated carbocycles. The Morgan fingerprint density at radius 2 is 1.84 bits per heavy atom. The standard InChI is InChI=1S/C23H22BN5O2/c25-11-12-26-22(30)18-3-1-17(2-4-18)21-9-10-24-23(28-21)27-19-5-7-20(8-6-19)29-13-15-31-16-14-29/h1-10H,12-16H2,(H,26,30)(H,27,28). The van der Waals surface area contributed by atoms with Crippen LogP contribution in [0, 0.1) is 11.3 Å². The number of nitriles is 1. The molecule has 1 aromatic heterocycles. The van der Waals surface area contributed by atoms with Crippen molar-refractivity contribution in [2.75, 3.05) is 43.1 Å². The average Bonchev–Trinajstić information content (AvgIpc) is 2.84. The van der Waals surface area contributed by atoms with Gasteiger partial charge < -0.3 is 0 Å². The molecule has 1 amide bonds. The first-order valence-corrected chi connectivity index (χ1v) is 10.2. The first kappa shape index (κ1) is 20.6. The van der Waals surface area contributed by atoms with Gasteiger partial charge in [-0.2, -0.15) is 0 Å². The second-order valence-corrected chi connectivity index (χ2v) is 7.10. The zero-order valence-electron chi connectivity index (χ0n) is 17.0. The van der Waals surface area contributed by atoms with Gasteiger partial charge >= 0.3 is 182 Å². The van der Waals surface area contributed by atoms with Crippen LogP contribution < -0.4 is 15.5 Å². The van der Waals surface area contributed by atoms with Crippen molar-refractivity contribution in [2.24, 2.45) is 0 Å². The monoisotopic (exact) mass is 411 g/mol. The third-order valence-corrected chi connectivity index (χ3v) is 5.04. The summed E-state index contributed by atoms with van der Waals surface area (Å²) in [5.74, 6) is 1.68. The van der Waals surface area contributed by atoms with Gasteiger partial charge in [-0.3, -0.25) is 0 Å². The Balaban J connectivity index is 1.43. The molecule has 2 aromatic carbocycles. The fraction of sp³-hybridized carbons (Fsp3) is 0.217. The van der Waals surface area contributed by atoms with Gasteiger partial charge in [0.25, 0.3) is 0 Å². The zero-order chi connectivity index (χ0) is 21.5. The van der Waals surface area contributed by atoms with Crippen LogP contribution in [-0.4, -0.2) is 50.6 Å². The van der Waals surface area contributed by atoms with Gasteiger partial charge in [-0.05, 0) is 0 Å². The molecule has 0 radical (unpaired) electrons. The molecular formula is C23H22BN5O2. The number of nitrogens with zero attached hydrogens (tertiary/aromatic N) is 3. The van der Waals surface area contributed by atoms with Crippen LogP contribution in [0.5, 0.6) is 0 Å². The number of carbonyl (C=O) groups excluding carboxylic acids is 1. The van der Waals surface area contributed by atoms with Crippen molar-refractivity contribution in [2.45, 2.75) is 0 Å². The quantitative estimate of drug-likeness (QED) is 0.607. The van der Waals surface area contributed by atoms with E-state index in [0.29, 0.717) is 5.56 Å². The van der Waals surface area contributed by atoms with Crippen LogP contribution in [0.4, 0.5) is 17.1 Å². The van der Waals surface area contributed by atoms with E-state index in [1.54, 1.807) is 12.1 Å².